The van der Waals surface area contributed by atoms with Crippen LogP contribution in [0, 0.1) is 12.3 Å². The molecule has 1 aliphatic carbocycles. The summed E-state index contributed by atoms with van der Waals surface area (Å²) in [7, 11) is 3.17. The van der Waals surface area contributed by atoms with E-state index in [-0.39, 0.29) is 12.0 Å². The number of nitrogens with zero attached hydrogens (tertiary/aromatic N) is 2. The molecule has 234 valence electrons. The maximum absolute atomic E-state index is 13.5. The number of rotatable bonds is 7. The van der Waals surface area contributed by atoms with Gasteiger partial charge in [-0.05, 0) is 99.4 Å². The zero-order valence-corrected chi connectivity index (χ0v) is 26.1. The van der Waals surface area contributed by atoms with Crippen LogP contribution >= 0.6 is 0 Å². The second-order valence-electron chi connectivity index (χ2n) is 13.0. The normalized spacial score (nSPS) is 20.7. The second kappa shape index (κ2) is 11.5. The first kappa shape index (κ1) is 32.4. The van der Waals surface area contributed by atoms with Crippen molar-refractivity contribution in [2.75, 3.05) is 25.6 Å². The summed E-state index contributed by atoms with van der Waals surface area (Å²) in [5, 5.41) is 10.3. The molecule has 2 aliphatic rings. The smallest absolute Gasteiger partial charge is 0.416 e. The topological polar surface area (TPSA) is 79.3 Å². The molecule has 0 radical (unpaired) electrons. The third kappa shape index (κ3) is 6.84. The Labute approximate surface area is 251 Å². The highest BCUT2D eigenvalue weighted by atomic mass is 19.4. The van der Waals surface area contributed by atoms with E-state index in [0.717, 1.165) is 35.3 Å². The molecule has 7 nitrogen and oxygen atoms in total. The first-order valence-corrected chi connectivity index (χ1v) is 14.4. The number of aliphatic hydroxyl groups is 1. The van der Waals surface area contributed by atoms with Crippen molar-refractivity contribution in [3.8, 4) is 5.75 Å². The summed E-state index contributed by atoms with van der Waals surface area (Å²) in [6.07, 6.45) is -3.70. The molecule has 1 heterocycles. The highest BCUT2D eigenvalue weighted by molar-refractivity contribution is 5.98. The average Bonchev–Trinajstić information content (AvgIpc) is 3.18. The fourth-order valence-corrected chi connectivity index (χ4v) is 6.06. The number of aryl methyl sites for hydroxylation is 1. The van der Waals surface area contributed by atoms with Crippen LogP contribution in [0.2, 0.25) is 0 Å². The number of carbonyl (C=O) groups is 2. The standard InChI is InChI=1S/C33H41F3N2O5/c1-19-13-21(15-23(14-19)33(34,35)36)28-20(2)38(30(40)43-28)18-22-17-31(3,4)12-11-25(22)26-16-24(9-10-27(26)42-8)37(7)29(39)32(5,6)41/h9-10,13-16,20,28,41H,11-12,17-18H2,1-8H3/t20-,28-/m0/s1. The SMILES string of the molecule is COc1ccc(N(C)C(=O)C(C)(C)O)cc1C1=C(CN2C(=O)O[C@H](c3cc(C)cc(C(F)(F)F)c3)[C@@H]2C)CC(C)(C)CC1. The minimum atomic E-state index is -4.51. The highest BCUT2D eigenvalue weighted by Crippen LogP contribution is 2.46. The van der Waals surface area contributed by atoms with E-state index in [1.54, 1.807) is 51.1 Å². The van der Waals surface area contributed by atoms with Crippen molar-refractivity contribution in [2.24, 2.45) is 5.41 Å². The minimum absolute atomic E-state index is 0.0538. The number of methoxy groups -OCH3 is 1. The molecule has 1 N–H and O–H groups in total. The van der Waals surface area contributed by atoms with Crippen LogP contribution in [0.1, 0.15) is 82.2 Å². The monoisotopic (exact) mass is 602 g/mol. The number of anilines is 1. The van der Waals surface area contributed by atoms with Gasteiger partial charge in [0.15, 0.2) is 0 Å². The molecule has 0 bridgehead atoms. The van der Waals surface area contributed by atoms with Gasteiger partial charge < -0.3 is 19.5 Å². The first-order chi connectivity index (χ1) is 19.8. The Balaban J connectivity index is 1.73. The lowest BCUT2D eigenvalue weighted by Crippen LogP contribution is -2.43. The summed E-state index contributed by atoms with van der Waals surface area (Å²) in [5.41, 5.74) is 1.70. The van der Waals surface area contributed by atoms with Gasteiger partial charge in [-0.1, -0.05) is 25.5 Å². The van der Waals surface area contributed by atoms with Gasteiger partial charge in [0.25, 0.3) is 5.91 Å². The van der Waals surface area contributed by atoms with E-state index in [1.807, 2.05) is 6.07 Å². The molecule has 0 saturated carbocycles. The summed E-state index contributed by atoms with van der Waals surface area (Å²) < 4.78 is 52.0. The van der Waals surface area contributed by atoms with Gasteiger partial charge in [-0.25, -0.2) is 4.79 Å². The molecule has 1 saturated heterocycles. The summed E-state index contributed by atoms with van der Waals surface area (Å²) in [4.78, 5) is 29.0. The summed E-state index contributed by atoms with van der Waals surface area (Å²) >= 11 is 0. The van der Waals surface area contributed by atoms with Gasteiger partial charge in [-0.3, -0.25) is 9.69 Å². The van der Waals surface area contributed by atoms with E-state index in [9.17, 15) is 27.9 Å². The Hall–Kier alpha value is -3.53. The zero-order valence-electron chi connectivity index (χ0n) is 26.1. The Kier molecular flexibility index (Phi) is 8.68. The molecule has 10 heteroatoms. The van der Waals surface area contributed by atoms with Crippen molar-refractivity contribution in [1.29, 1.82) is 0 Å². The van der Waals surface area contributed by atoms with Crippen LogP contribution in [0.3, 0.4) is 0 Å². The van der Waals surface area contributed by atoms with Crippen molar-refractivity contribution in [3.63, 3.8) is 0 Å². The third-order valence-electron chi connectivity index (χ3n) is 8.40. The van der Waals surface area contributed by atoms with Gasteiger partial charge in [-0.2, -0.15) is 13.2 Å². The van der Waals surface area contributed by atoms with Crippen molar-refractivity contribution < 1.29 is 37.3 Å². The molecule has 0 unspecified atom stereocenters. The average molecular weight is 603 g/mol. The summed E-state index contributed by atoms with van der Waals surface area (Å²) in [6.45, 7) is 10.8. The van der Waals surface area contributed by atoms with Crippen molar-refractivity contribution in [3.05, 3.63) is 64.2 Å². The first-order valence-electron chi connectivity index (χ1n) is 14.4. The highest BCUT2D eigenvalue weighted by Gasteiger charge is 2.42. The van der Waals surface area contributed by atoms with Gasteiger partial charge in [0.05, 0.1) is 18.7 Å². The predicted octanol–water partition coefficient (Wildman–Crippen LogP) is 7.30. The number of hydrogen-bond donors (Lipinski definition) is 1. The van der Waals surface area contributed by atoms with E-state index >= 15 is 0 Å². The molecule has 0 spiro atoms. The van der Waals surface area contributed by atoms with E-state index in [2.05, 4.69) is 13.8 Å². The molecule has 43 heavy (non-hydrogen) atoms. The minimum Gasteiger partial charge on any atom is -0.496 e. The molecule has 1 fully saturated rings. The predicted molar refractivity (Wildman–Crippen MR) is 159 cm³/mol. The zero-order chi connectivity index (χ0) is 32.1. The molecule has 2 amide bonds. The van der Waals surface area contributed by atoms with E-state index in [1.165, 1.54) is 18.7 Å². The molecule has 2 aromatic rings. The van der Waals surface area contributed by atoms with Gasteiger partial charge >= 0.3 is 12.3 Å². The van der Waals surface area contributed by atoms with Gasteiger partial charge in [0.2, 0.25) is 0 Å². The van der Waals surface area contributed by atoms with Crippen LogP contribution in [0.15, 0.2) is 42.0 Å². The number of allylic oxidation sites excluding steroid dienone is 1. The van der Waals surface area contributed by atoms with Crippen molar-refractivity contribution in [2.45, 2.75) is 84.7 Å². The second-order valence-corrected chi connectivity index (χ2v) is 13.0. The molecular formula is C33H41F3N2O5. The molecular weight excluding hydrogens is 561 g/mol. The molecule has 2 atom stereocenters. The molecule has 4 rings (SSSR count). The fraction of sp³-hybridized carbons (Fsp3) is 0.515. The maximum atomic E-state index is 13.5. The van der Waals surface area contributed by atoms with Crippen LogP contribution < -0.4 is 9.64 Å². The van der Waals surface area contributed by atoms with Crippen LogP contribution in [0.5, 0.6) is 5.75 Å². The van der Waals surface area contributed by atoms with Gasteiger partial charge in [-0.15, -0.1) is 0 Å². The molecule has 0 aromatic heterocycles. The summed E-state index contributed by atoms with van der Waals surface area (Å²) in [6, 6.07) is 8.64. The number of amides is 2. The molecule has 1 aliphatic heterocycles. The number of ether oxygens (including phenoxy) is 2. The summed E-state index contributed by atoms with van der Waals surface area (Å²) in [5.74, 6) is 0.140. The lowest BCUT2D eigenvalue weighted by molar-refractivity contribution is -0.137. The van der Waals surface area contributed by atoms with Crippen molar-refractivity contribution >= 4 is 23.3 Å². The number of cyclic esters (lactones) is 1. The number of carbonyl (C=O) groups excluding carboxylic acids is 2. The van der Waals surface area contributed by atoms with Crippen LogP contribution in [-0.2, 0) is 15.7 Å². The maximum Gasteiger partial charge on any atom is 0.416 e. The Morgan fingerprint density at radius 2 is 1.86 bits per heavy atom. The Morgan fingerprint density at radius 1 is 1.19 bits per heavy atom. The van der Waals surface area contributed by atoms with E-state index < -0.39 is 41.5 Å². The number of alkyl halides is 3. The van der Waals surface area contributed by atoms with Gasteiger partial charge in [0.1, 0.15) is 17.5 Å². The van der Waals surface area contributed by atoms with Crippen LogP contribution in [0.4, 0.5) is 23.7 Å². The fourth-order valence-electron chi connectivity index (χ4n) is 6.06. The van der Waals surface area contributed by atoms with E-state index in [4.69, 9.17) is 9.47 Å². The quantitative estimate of drug-likeness (QED) is 0.360. The number of halogens is 3. The molecule has 2 aromatic carbocycles. The number of benzene rings is 2. The number of likely N-dealkylation sites (N-methyl/N-ethyl adjacent to an activating group) is 1. The Morgan fingerprint density at radius 3 is 2.47 bits per heavy atom. The van der Waals surface area contributed by atoms with Crippen molar-refractivity contribution in [1.82, 2.24) is 4.90 Å². The van der Waals surface area contributed by atoms with E-state index in [0.29, 0.717) is 35.4 Å². The lowest BCUT2D eigenvalue weighted by atomic mass is 9.72. The number of hydrogen-bond acceptors (Lipinski definition) is 5. The Bertz CT molecular complexity index is 1440. The van der Waals surface area contributed by atoms with Crippen LogP contribution in [0.25, 0.3) is 5.57 Å². The van der Waals surface area contributed by atoms with Gasteiger partial charge in [0, 0.05) is 24.8 Å². The largest absolute Gasteiger partial charge is 0.496 e. The lowest BCUT2D eigenvalue weighted by Gasteiger charge is -2.36. The third-order valence-corrected chi connectivity index (χ3v) is 8.40. The van der Waals surface area contributed by atoms with Crippen LogP contribution in [-0.4, -0.2) is 54.4 Å².